The second-order valence-electron chi connectivity index (χ2n) is 7.69. The predicted octanol–water partition coefficient (Wildman–Crippen LogP) is 3.76. The van der Waals surface area contributed by atoms with E-state index in [-0.39, 0.29) is 12.6 Å². The molecule has 7 nitrogen and oxygen atoms in total. The van der Waals surface area contributed by atoms with Crippen molar-refractivity contribution >= 4 is 21.6 Å². The van der Waals surface area contributed by atoms with Crippen molar-refractivity contribution in [3.05, 3.63) is 54.1 Å². The van der Waals surface area contributed by atoms with E-state index in [1.54, 1.807) is 31.4 Å². The lowest BCUT2D eigenvalue weighted by atomic mass is 9.97. The van der Waals surface area contributed by atoms with Crippen LogP contribution in [0.1, 0.15) is 38.8 Å². The van der Waals surface area contributed by atoms with Gasteiger partial charge in [0.15, 0.2) is 0 Å². The van der Waals surface area contributed by atoms with Crippen LogP contribution in [0.15, 0.2) is 48.5 Å². The monoisotopic (exact) mass is 448 g/mol. The van der Waals surface area contributed by atoms with Crippen molar-refractivity contribution in [3.8, 4) is 11.5 Å². The minimum Gasteiger partial charge on any atom is -0.497 e. The standard InChI is InChI=1S/C23H32N2O5S/c1-6-30-22-10-8-7-9-21(22)25(31(5,27)28)16-23(26)24-20(15-17(2)3)18-11-13-19(29-4)14-12-18/h7-14,17,20H,6,15-16H2,1-5H3,(H,24,26)/t20-/m0/s1. The summed E-state index contributed by atoms with van der Waals surface area (Å²) in [5.41, 5.74) is 1.27. The van der Waals surface area contributed by atoms with E-state index in [4.69, 9.17) is 9.47 Å². The van der Waals surface area contributed by atoms with Crippen molar-refractivity contribution in [2.45, 2.75) is 33.2 Å². The normalized spacial score (nSPS) is 12.3. The van der Waals surface area contributed by atoms with Gasteiger partial charge in [-0.15, -0.1) is 0 Å². The summed E-state index contributed by atoms with van der Waals surface area (Å²) in [6, 6.07) is 14.1. The molecule has 1 amide bonds. The van der Waals surface area contributed by atoms with Crippen molar-refractivity contribution in [3.63, 3.8) is 0 Å². The van der Waals surface area contributed by atoms with Gasteiger partial charge in [-0.2, -0.15) is 0 Å². The van der Waals surface area contributed by atoms with E-state index in [1.807, 2.05) is 31.2 Å². The minimum atomic E-state index is -3.71. The van der Waals surface area contributed by atoms with Gasteiger partial charge >= 0.3 is 0 Å². The Labute approximate surface area is 185 Å². The number of hydrogen-bond donors (Lipinski definition) is 1. The fourth-order valence-electron chi connectivity index (χ4n) is 3.28. The summed E-state index contributed by atoms with van der Waals surface area (Å²) in [5.74, 6) is 1.08. The maximum atomic E-state index is 12.9. The molecule has 0 heterocycles. The molecule has 0 saturated carbocycles. The van der Waals surface area contributed by atoms with Gasteiger partial charge in [0.25, 0.3) is 0 Å². The molecule has 0 unspecified atom stereocenters. The second-order valence-corrected chi connectivity index (χ2v) is 9.60. The van der Waals surface area contributed by atoms with Crippen LogP contribution in [0.4, 0.5) is 5.69 Å². The number of methoxy groups -OCH3 is 1. The molecule has 0 aliphatic carbocycles. The molecule has 170 valence electrons. The second kappa shape index (κ2) is 11.0. The lowest BCUT2D eigenvalue weighted by Gasteiger charge is -2.26. The molecule has 0 spiro atoms. The number of carbonyl (C=O) groups excluding carboxylic acids is 1. The number of nitrogens with one attached hydrogen (secondary N) is 1. The Hall–Kier alpha value is -2.74. The number of amides is 1. The molecule has 0 aliphatic heterocycles. The molecule has 1 atom stereocenters. The van der Waals surface area contributed by atoms with Gasteiger partial charge in [0.05, 0.1) is 31.7 Å². The number of sulfonamides is 1. The number of rotatable bonds is 11. The van der Waals surface area contributed by atoms with Crippen molar-refractivity contribution < 1.29 is 22.7 Å². The molecule has 0 saturated heterocycles. The largest absolute Gasteiger partial charge is 0.497 e. The summed E-state index contributed by atoms with van der Waals surface area (Å²) in [4.78, 5) is 12.9. The average Bonchev–Trinajstić information content (AvgIpc) is 2.71. The smallest absolute Gasteiger partial charge is 0.241 e. The zero-order valence-corrected chi connectivity index (χ0v) is 19.6. The Morgan fingerprint density at radius 3 is 2.29 bits per heavy atom. The number of nitrogens with zero attached hydrogens (tertiary/aromatic N) is 1. The quantitative estimate of drug-likeness (QED) is 0.566. The van der Waals surface area contributed by atoms with Crippen LogP contribution < -0.4 is 19.1 Å². The minimum absolute atomic E-state index is 0.248. The number of anilines is 1. The maximum Gasteiger partial charge on any atom is 0.241 e. The van der Waals surface area contributed by atoms with E-state index < -0.39 is 15.9 Å². The van der Waals surface area contributed by atoms with E-state index in [0.717, 1.165) is 21.9 Å². The van der Waals surface area contributed by atoms with Crippen LogP contribution >= 0.6 is 0 Å². The Kier molecular flexibility index (Phi) is 8.74. The van der Waals surface area contributed by atoms with Crippen LogP contribution in [0.3, 0.4) is 0 Å². The van der Waals surface area contributed by atoms with Crippen LogP contribution in [0, 0.1) is 5.92 Å². The summed E-state index contributed by atoms with van der Waals surface area (Å²) < 4.78 is 36.9. The maximum absolute atomic E-state index is 12.9. The third kappa shape index (κ3) is 7.17. The van der Waals surface area contributed by atoms with Crippen molar-refractivity contribution in [1.82, 2.24) is 5.32 Å². The van der Waals surface area contributed by atoms with E-state index in [1.165, 1.54) is 0 Å². The first-order valence-electron chi connectivity index (χ1n) is 10.3. The highest BCUT2D eigenvalue weighted by Crippen LogP contribution is 2.30. The van der Waals surface area contributed by atoms with Crippen molar-refractivity contribution in [1.29, 1.82) is 0 Å². The van der Waals surface area contributed by atoms with Gasteiger partial charge in [0.1, 0.15) is 18.0 Å². The molecule has 2 rings (SSSR count). The van der Waals surface area contributed by atoms with Crippen LogP contribution in [0.25, 0.3) is 0 Å². The van der Waals surface area contributed by atoms with E-state index in [0.29, 0.717) is 30.4 Å². The first-order valence-corrected chi connectivity index (χ1v) is 12.1. The van der Waals surface area contributed by atoms with E-state index >= 15 is 0 Å². The summed E-state index contributed by atoms with van der Waals surface area (Å²) >= 11 is 0. The van der Waals surface area contributed by atoms with Crippen LogP contribution in [-0.4, -0.2) is 40.8 Å². The molecule has 8 heteroatoms. The van der Waals surface area contributed by atoms with Gasteiger partial charge in [-0.25, -0.2) is 8.42 Å². The SMILES string of the molecule is CCOc1ccccc1N(CC(=O)N[C@@H](CC(C)C)c1ccc(OC)cc1)S(C)(=O)=O. The van der Waals surface area contributed by atoms with Gasteiger partial charge in [0, 0.05) is 0 Å². The van der Waals surface area contributed by atoms with Crippen LogP contribution in [0.5, 0.6) is 11.5 Å². The zero-order valence-electron chi connectivity index (χ0n) is 18.8. The Bertz CT molecular complexity index is 958. The molecule has 0 radical (unpaired) electrons. The number of hydrogen-bond acceptors (Lipinski definition) is 5. The Morgan fingerprint density at radius 1 is 1.10 bits per heavy atom. The molecular formula is C23H32N2O5S. The third-order valence-corrected chi connectivity index (χ3v) is 5.81. The molecule has 0 bridgehead atoms. The Balaban J connectivity index is 2.27. The number of para-hydroxylation sites is 2. The van der Waals surface area contributed by atoms with E-state index in [2.05, 4.69) is 19.2 Å². The Morgan fingerprint density at radius 2 is 1.74 bits per heavy atom. The predicted molar refractivity (Wildman–Crippen MR) is 123 cm³/mol. The lowest BCUT2D eigenvalue weighted by Crippen LogP contribution is -2.42. The number of carbonyl (C=O) groups is 1. The highest BCUT2D eigenvalue weighted by molar-refractivity contribution is 7.92. The lowest BCUT2D eigenvalue weighted by molar-refractivity contribution is -0.120. The number of benzene rings is 2. The summed E-state index contributed by atoms with van der Waals surface area (Å²) in [6.07, 6.45) is 1.80. The van der Waals surface area contributed by atoms with Gasteiger partial charge in [0.2, 0.25) is 15.9 Å². The average molecular weight is 449 g/mol. The summed E-state index contributed by atoms with van der Waals surface area (Å²) in [5, 5.41) is 3.00. The molecule has 0 fully saturated rings. The molecule has 1 N–H and O–H groups in total. The first-order chi connectivity index (χ1) is 14.7. The summed E-state index contributed by atoms with van der Waals surface area (Å²) in [7, 11) is -2.11. The topological polar surface area (TPSA) is 84.9 Å². The highest BCUT2D eigenvalue weighted by Gasteiger charge is 2.25. The van der Waals surface area contributed by atoms with Gasteiger partial charge in [-0.3, -0.25) is 9.10 Å². The fraction of sp³-hybridized carbons (Fsp3) is 0.435. The zero-order chi connectivity index (χ0) is 23.0. The van der Waals surface area contributed by atoms with Crippen molar-refractivity contribution in [2.75, 3.05) is 30.8 Å². The molecule has 2 aromatic carbocycles. The van der Waals surface area contributed by atoms with E-state index in [9.17, 15) is 13.2 Å². The number of ether oxygens (including phenoxy) is 2. The molecule has 31 heavy (non-hydrogen) atoms. The molecule has 2 aromatic rings. The third-order valence-electron chi connectivity index (χ3n) is 4.68. The summed E-state index contributed by atoms with van der Waals surface area (Å²) in [6.45, 7) is 6.01. The molecule has 0 aromatic heterocycles. The van der Waals surface area contributed by atoms with Gasteiger partial charge < -0.3 is 14.8 Å². The van der Waals surface area contributed by atoms with Gasteiger partial charge in [-0.05, 0) is 49.1 Å². The van der Waals surface area contributed by atoms with Gasteiger partial charge in [-0.1, -0.05) is 38.1 Å². The van der Waals surface area contributed by atoms with Crippen molar-refractivity contribution in [2.24, 2.45) is 5.92 Å². The van der Waals surface area contributed by atoms with Crippen LogP contribution in [0.2, 0.25) is 0 Å². The molecule has 0 aliphatic rings. The molecular weight excluding hydrogens is 416 g/mol. The highest BCUT2D eigenvalue weighted by atomic mass is 32.2. The fourth-order valence-corrected chi connectivity index (χ4v) is 4.14. The van der Waals surface area contributed by atoms with Crippen LogP contribution in [-0.2, 0) is 14.8 Å². The first kappa shape index (κ1) is 24.5.